The minimum absolute atomic E-state index is 0.0105. The lowest BCUT2D eigenvalue weighted by Crippen LogP contribution is -2.21. The third-order valence-corrected chi connectivity index (χ3v) is 5.54. The van der Waals surface area contributed by atoms with E-state index in [4.69, 9.17) is 19.3 Å². The minimum Gasteiger partial charge on any atom is -0.497 e. The molecule has 1 aliphatic rings. The van der Waals surface area contributed by atoms with Crippen LogP contribution in [0.2, 0.25) is 0 Å². The van der Waals surface area contributed by atoms with E-state index in [1.807, 2.05) is 42.5 Å². The fourth-order valence-corrected chi connectivity index (χ4v) is 3.86. The number of hydrogen-bond acceptors (Lipinski definition) is 6. The lowest BCUT2D eigenvalue weighted by Gasteiger charge is -2.13. The fourth-order valence-electron chi connectivity index (χ4n) is 2.71. The number of aliphatic carboxylic acids is 1. The number of carboxylic acids is 1. The standard InChI is InChI=1S/C19H21NO5S/c1-23-15-7-8-16(24-2)13(9-15)11-25-14-5-3-12(4-6-14)18-20-10-17(26-18)19(21)22/h3-9,17-18,20H,10-11H2,1-2H3,(H,21,22)/t17-,18-/m1/s1. The first kappa shape index (κ1) is 18.4. The van der Waals surface area contributed by atoms with Gasteiger partial charge < -0.3 is 19.3 Å². The Bertz CT molecular complexity index is 765. The van der Waals surface area contributed by atoms with Crippen molar-refractivity contribution in [3.8, 4) is 17.2 Å². The second kappa shape index (κ2) is 8.33. The van der Waals surface area contributed by atoms with Gasteiger partial charge in [0.2, 0.25) is 0 Å². The number of carboxylic acid groups (broad SMARTS) is 1. The van der Waals surface area contributed by atoms with Gasteiger partial charge in [0.05, 0.1) is 19.6 Å². The molecule has 0 aromatic heterocycles. The van der Waals surface area contributed by atoms with E-state index >= 15 is 0 Å². The van der Waals surface area contributed by atoms with Crippen molar-refractivity contribution in [3.05, 3.63) is 53.6 Å². The fraction of sp³-hybridized carbons (Fsp3) is 0.316. The van der Waals surface area contributed by atoms with Crippen LogP contribution in [-0.4, -0.2) is 37.1 Å². The minimum atomic E-state index is -0.780. The van der Waals surface area contributed by atoms with Crippen LogP contribution in [0.5, 0.6) is 17.2 Å². The lowest BCUT2D eigenvalue weighted by atomic mass is 10.2. The van der Waals surface area contributed by atoms with E-state index < -0.39 is 11.2 Å². The molecule has 26 heavy (non-hydrogen) atoms. The molecule has 0 unspecified atom stereocenters. The van der Waals surface area contributed by atoms with Crippen LogP contribution in [0, 0.1) is 0 Å². The predicted molar refractivity (Wildman–Crippen MR) is 100 cm³/mol. The third kappa shape index (κ3) is 4.23. The summed E-state index contributed by atoms with van der Waals surface area (Å²) in [5.74, 6) is 1.44. The van der Waals surface area contributed by atoms with Gasteiger partial charge in [0, 0.05) is 12.1 Å². The van der Waals surface area contributed by atoms with Crippen molar-refractivity contribution in [2.45, 2.75) is 17.2 Å². The summed E-state index contributed by atoms with van der Waals surface area (Å²) in [5.41, 5.74) is 1.93. The molecule has 0 radical (unpaired) electrons. The predicted octanol–water partition coefficient (Wildman–Crippen LogP) is 3.07. The van der Waals surface area contributed by atoms with Crippen LogP contribution >= 0.6 is 11.8 Å². The zero-order valence-electron chi connectivity index (χ0n) is 14.6. The molecular weight excluding hydrogens is 354 g/mol. The first-order valence-electron chi connectivity index (χ1n) is 8.16. The van der Waals surface area contributed by atoms with E-state index in [0.29, 0.717) is 13.2 Å². The highest BCUT2D eigenvalue weighted by atomic mass is 32.2. The molecule has 138 valence electrons. The highest BCUT2D eigenvalue weighted by Crippen LogP contribution is 2.35. The molecule has 2 N–H and O–H groups in total. The average molecular weight is 375 g/mol. The Labute approximate surface area is 156 Å². The van der Waals surface area contributed by atoms with E-state index in [2.05, 4.69) is 5.32 Å². The highest BCUT2D eigenvalue weighted by molar-refractivity contribution is 8.01. The van der Waals surface area contributed by atoms with Crippen molar-refractivity contribution in [3.63, 3.8) is 0 Å². The Balaban J connectivity index is 1.63. The van der Waals surface area contributed by atoms with E-state index in [1.54, 1.807) is 14.2 Å². The molecular formula is C19H21NO5S. The maximum Gasteiger partial charge on any atom is 0.318 e. The van der Waals surface area contributed by atoms with Crippen LogP contribution in [-0.2, 0) is 11.4 Å². The summed E-state index contributed by atoms with van der Waals surface area (Å²) in [6.07, 6.45) is 0. The maximum absolute atomic E-state index is 11.1. The van der Waals surface area contributed by atoms with Crippen LogP contribution in [0.1, 0.15) is 16.5 Å². The largest absolute Gasteiger partial charge is 0.497 e. The first-order valence-corrected chi connectivity index (χ1v) is 9.10. The molecule has 2 aromatic carbocycles. The van der Waals surface area contributed by atoms with E-state index in [-0.39, 0.29) is 5.37 Å². The van der Waals surface area contributed by atoms with Gasteiger partial charge in [0.1, 0.15) is 29.1 Å². The molecule has 0 saturated carbocycles. The van der Waals surface area contributed by atoms with Crippen molar-refractivity contribution < 1.29 is 24.1 Å². The molecule has 0 aliphatic carbocycles. The van der Waals surface area contributed by atoms with Gasteiger partial charge in [-0.05, 0) is 35.9 Å². The van der Waals surface area contributed by atoms with Crippen molar-refractivity contribution in [2.24, 2.45) is 0 Å². The van der Waals surface area contributed by atoms with Crippen molar-refractivity contribution in [1.82, 2.24) is 5.32 Å². The second-order valence-corrected chi connectivity index (χ2v) is 7.10. The zero-order valence-corrected chi connectivity index (χ0v) is 15.4. The Morgan fingerprint density at radius 1 is 1.15 bits per heavy atom. The van der Waals surface area contributed by atoms with Gasteiger partial charge in [-0.1, -0.05) is 12.1 Å². The van der Waals surface area contributed by atoms with Crippen molar-refractivity contribution >= 4 is 17.7 Å². The Kier molecular flexibility index (Phi) is 5.90. The normalized spacial score (nSPS) is 19.2. The molecule has 7 heteroatoms. The molecule has 1 saturated heterocycles. The molecule has 1 heterocycles. The lowest BCUT2D eigenvalue weighted by molar-refractivity contribution is -0.136. The van der Waals surface area contributed by atoms with Crippen LogP contribution in [0.3, 0.4) is 0 Å². The summed E-state index contributed by atoms with van der Waals surface area (Å²) < 4.78 is 16.5. The average Bonchev–Trinajstić information content (AvgIpc) is 3.17. The van der Waals surface area contributed by atoms with Crippen LogP contribution in [0.15, 0.2) is 42.5 Å². The van der Waals surface area contributed by atoms with Crippen LogP contribution < -0.4 is 19.5 Å². The molecule has 6 nitrogen and oxygen atoms in total. The molecule has 2 aromatic rings. The SMILES string of the molecule is COc1ccc(OC)c(COc2ccc([C@@H]3NC[C@H](C(=O)O)S3)cc2)c1. The summed E-state index contributed by atoms with van der Waals surface area (Å²) in [7, 11) is 3.24. The summed E-state index contributed by atoms with van der Waals surface area (Å²) in [6, 6.07) is 13.3. The number of thioether (sulfide) groups is 1. The third-order valence-electron chi connectivity index (χ3n) is 4.13. The second-order valence-electron chi connectivity index (χ2n) is 5.79. The molecule has 2 atom stereocenters. The molecule has 1 aliphatic heterocycles. The van der Waals surface area contributed by atoms with Gasteiger partial charge >= 0.3 is 5.97 Å². The van der Waals surface area contributed by atoms with Gasteiger partial charge in [-0.15, -0.1) is 11.8 Å². The van der Waals surface area contributed by atoms with E-state index in [1.165, 1.54) is 11.8 Å². The van der Waals surface area contributed by atoms with Crippen LogP contribution in [0.4, 0.5) is 0 Å². The maximum atomic E-state index is 11.1. The number of methoxy groups -OCH3 is 2. The first-order chi connectivity index (χ1) is 12.6. The van der Waals surface area contributed by atoms with Crippen molar-refractivity contribution in [1.29, 1.82) is 0 Å². The summed E-state index contributed by atoms with van der Waals surface area (Å²) >= 11 is 1.42. The summed E-state index contributed by atoms with van der Waals surface area (Å²) in [4.78, 5) is 11.1. The van der Waals surface area contributed by atoms with Gasteiger partial charge in [-0.2, -0.15) is 0 Å². The van der Waals surface area contributed by atoms with E-state index in [0.717, 1.165) is 28.4 Å². The topological polar surface area (TPSA) is 77.0 Å². The number of ether oxygens (including phenoxy) is 3. The Morgan fingerprint density at radius 3 is 2.50 bits per heavy atom. The summed E-state index contributed by atoms with van der Waals surface area (Å²) in [6.45, 7) is 0.829. The van der Waals surface area contributed by atoms with E-state index in [9.17, 15) is 4.79 Å². The molecule has 0 amide bonds. The van der Waals surface area contributed by atoms with Gasteiger partial charge in [-0.25, -0.2) is 0 Å². The number of carbonyl (C=O) groups is 1. The zero-order chi connectivity index (χ0) is 18.5. The van der Waals surface area contributed by atoms with Gasteiger partial charge in [0.25, 0.3) is 0 Å². The van der Waals surface area contributed by atoms with Crippen LogP contribution in [0.25, 0.3) is 0 Å². The van der Waals surface area contributed by atoms with Crippen molar-refractivity contribution in [2.75, 3.05) is 20.8 Å². The quantitative estimate of drug-likeness (QED) is 0.770. The monoisotopic (exact) mass is 375 g/mol. The molecule has 3 rings (SSSR count). The van der Waals surface area contributed by atoms with Gasteiger partial charge in [-0.3, -0.25) is 10.1 Å². The Hall–Kier alpha value is -2.38. The number of nitrogens with one attached hydrogen (secondary N) is 1. The number of rotatable bonds is 7. The molecule has 1 fully saturated rings. The Morgan fingerprint density at radius 2 is 1.88 bits per heavy atom. The highest BCUT2D eigenvalue weighted by Gasteiger charge is 2.30. The number of benzene rings is 2. The molecule has 0 bridgehead atoms. The molecule has 0 spiro atoms. The smallest absolute Gasteiger partial charge is 0.318 e. The summed E-state index contributed by atoms with van der Waals surface area (Å²) in [5, 5.41) is 11.9. The number of hydrogen-bond donors (Lipinski definition) is 2. The van der Waals surface area contributed by atoms with Gasteiger partial charge in [0.15, 0.2) is 0 Å².